The van der Waals surface area contributed by atoms with Crippen molar-refractivity contribution in [1.29, 1.82) is 0 Å². The van der Waals surface area contributed by atoms with Gasteiger partial charge >= 0.3 is 0 Å². The molecule has 1 aromatic carbocycles. The third-order valence-electron chi connectivity index (χ3n) is 4.10. The molecule has 1 N–H and O–H groups in total. The van der Waals surface area contributed by atoms with Crippen LogP contribution in [0.3, 0.4) is 0 Å². The van der Waals surface area contributed by atoms with E-state index in [2.05, 4.69) is 47.9 Å². The minimum absolute atomic E-state index is 0.129. The van der Waals surface area contributed by atoms with Gasteiger partial charge in [0.15, 0.2) is 0 Å². The lowest BCUT2D eigenvalue weighted by Gasteiger charge is -2.36. The summed E-state index contributed by atoms with van der Waals surface area (Å²) >= 11 is 0. The number of rotatable bonds is 5. The fraction of sp³-hybridized carbons (Fsp3) is 0.625. The highest BCUT2D eigenvalue weighted by Gasteiger charge is 2.17. The first-order valence-corrected chi connectivity index (χ1v) is 7.42. The van der Waals surface area contributed by atoms with E-state index in [-0.39, 0.29) is 6.61 Å². The zero-order valence-corrected chi connectivity index (χ0v) is 13.0. The molecule has 20 heavy (non-hydrogen) atoms. The maximum absolute atomic E-state index is 9.23. The van der Waals surface area contributed by atoms with Crippen molar-refractivity contribution in [3.63, 3.8) is 0 Å². The van der Waals surface area contributed by atoms with E-state index in [9.17, 15) is 5.11 Å². The number of hydrogen-bond donors (Lipinski definition) is 1. The molecule has 0 aliphatic carbocycles. The van der Waals surface area contributed by atoms with Crippen molar-refractivity contribution in [3.8, 4) is 0 Å². The van der Waals surface area contributed by atoms with Crippen LogP contribution < -0.4 is 4.90 Å². The minimum Gasteiger partial charge on any atom is -0.392 e. The maximum Gasteiger partial charge on any atom is 0.0684 e. The summed E-state index contributed by atoms with van der Waals surface area (Å²) in [6, 6.07) is 6.37. The van der Waals surface area contributed by atoms with Crippen LogP contribution in [0.4, 0.5) is 5.69 Å². The van der Waals surface area contributed by atoms with Crippen LogP contribution in [0.5, 0.6) is 0 Å². The molecule has 112 valence electrons. The number of anilines is 1. The zero-order chi connectivity index (χ0) is 14.5. The van der Waals surface area contributed by atoms with Crippen molar-refractivity contribution in [1.82, 2.24) is 9.80 Å². The highest BCUT2D eigenvalue weighted by Crippen LogP contribution is 2.20. The summed E-state index contributed by atoms with van der Waals surface area (Å²) in [6.07, 6.45) is 0. The Hall–Kier alpha value is -1.10. The molecule has 4 nitrogen and oxygen atoms in total. The molecule has 0 unspecified atom stereocenters. The van der Waals surface area contributed by atoms with E-state index in [4.69, 9.17) is 0 Å². The van der Waals surface area contributed by atoms with Gasteiger partial charge in [0.2, 0.25) is 0 Å². The second-order valence-corrected chi connectivity index (χ2v) is 5.90. The summed E-state index contributed by atoms with van der Waals surface area (Å²) in [5.41, 5.74) is 3.49. The Morgan fingerprint density at radius 3 is 2.40 bits per heavy atom. The van der Waals surface area contributed by atoms with Crippen molar-refractivity contribution in [2.45, 2.75) is 13.5 Å². The van der Waals surface area contributed by atoms with Gasteiger partial charge in [0.05, 0.1) is 6.61 Å². The van der Waals surface area contributed by atoms with E-state index in [0.717, 1.165) is 44.8 Å². The lowest BCUT2D eigenvalue weighted by Crippen LogP contribution is -2.48. The average Bonchev–Trinajstić information content (AvgIpc) is 2.45. The number of aliphatic hydroxyl groups is 1. The third kappa shape index (κ3) is 3.95. The van der Waals surface area contributed by atoms with Crippen LogP contribution in [0.25, 0.3) is 0 Å². The Morgan fingerprint density at radius 2 is 1.85 bits per heavy atom. The fourth-order valence-electron chi connectivity index (χ4n) is 2.63. The molecule has 2 rings (SSSR count). The Balaban J connectivity index is 1.88. The highest BCUT2D eigenvalue weighted by atomic mass is 16.3. The first-order chi connectivity index (χ1) is 9.60. The lowest BCUT2D eigenvalue weighted by atomic mass is 10.1. The predicted octanol–water partition coefficient (Wildman–Crippen LogP) is 1.17. The zero-order valence-electron chi connectivity index (χ0n) is 13.0. The second-order valence-electron chi connectivity index (χ2n) is 5.90. The molecular formula is C16H27N3O. The fourth-order valence-corrected chi connectivity index (χ4v) is 2.63. The van der Waals surface area contributed by atoms with Gasteiger partial charge in [-0.2, -0.15) is 0 Å². The summed E-state index contributed by atoms with van der Waals surface area (Å²) in [4.78, 5) is 7.22. The Morgan fingerprint density at radius 1 is 1.15 bits per heavy atom. The quantitative estimate of drug-likeness (QED) is 0.875. The SMILES string of the molecule is Cc1cc(N2CCN(CCN(C)C)CC2)ccc1CO. The lowest BCUT2D eigenvalue weighted by molar-refractivity contribution is 0.229. The second kappa shape index (κ2) is 7.07. The number of likely N-dealkylation sites (N-methyl/N-ethyl adjacent to an activating group) is 1. The molecule has 1 saturated heterocycles. The van der Waals surface area contributed by atoms with Gasteiger partial charge in [-0.1, -0.05) is 6.07 Å². The Labute approximate surface area is 122 Å². The molecule has 0 spiro atoms. The van der Waals surface area contributed by atoms with E-state index in [0.29, 0.717) is 0 Å². The maximum atomic E-state index is 9.23. The minimum atomic E-state index is 0.129. The van der Waals surface area contributed by atoms with E-state index in [1.807, 2.05) is 6.07 Å². The van der Waals surface area contributed by atoms with Crippen LogP contribution >= 0.6 is 0 Å². The molecule has 1 aliphatic rings. The van der Waals surface area contributed by atoms with Crippen molar-refractivity contribution in [3.05, 3.63) is 29.3 Å². The van der Waals surface area contributed by atoms with Crippen LogP contribution in [0.1, 0.15) is 11.1 Å². The van der Waals surface area contributed by atoms with Crippen molar-refractivity contribution in [2.24, 2.45) is 0 Å². The number of hydrogen-bond acceptors (Lipinski definition) is 4. The summed E-state index contributed by atoms with van der Waals surface area (Å²) in [5, 5.41) is 9.23. The van der Waals surface area contributed by atoms with Gasteiger partial charge in [-0.25, -0.2) is 0 Å². The van der Waals surface area contributed by atoms with Gasteiger partial charge in [0.1, 0.15) is 0 Å². The van der Waals surface area contributed by atoms with Gasteiger partial charge in [-0.15, -0.1) is 0 Å². The van der Waals surface area contributed by atoms with Crippen molar-refractivity contribution >= 4 is 5.69 Å². The van der Waals surface area contributed by atoms with Crippen LogP contribution in [0.2, 0.25) is 0 Å². The Kier molecular flexibility index (Phi) is 5.40. The third-order valence-corrected chi connectivity index (χ3v) is 4.10. The van der Waals surface area contributed by atoms with E-state index >= 15 is 0 Å². The molecule has 1 aliphatic heterocycles. The van der Waals surface area contributed by atoms with Crippen molar-refractivity contribution < 1.29 is 5.11 Å². The monoisotopic (exact) mass is 277 g/mol. The molecule has 0 radical (unpaired) electrons. The van der Waals surface area contributed by atoms with Crippen LogP contribution in [-0.4, -0.2) is 68.3 Å². The van der Waals surface area contributed by atoms with Crippen LogP contribution in [0.15, 0.2) is 18.2 Å². The molecule has 0 saturated carbocycles. The predicted molar refractivity (Wildman–Crippen MR) is 84.3 cm³/mol. The Bertz CT molecular complexity index is 426. The molecule has 1 aromatic rings. The van der Waals surface area contributed by atoms with Crippen LogP contribution in [-0.2, 0) is 6.61 Å². The molecule has 0 bridgehead atoms. The number of nitrogens with zero attached hydrogens (tertiary/aromatic N) is 3. The van der Waals surface area contributed by atoms with Gasteiger partial charge in [-0.3, -0.25) is 4.90 Å². The van der Waals surface area contributed by atoms with E-state index in [1.165, 1.54) is 11.3 Å². The summed E-state index contributed by atoms with van der Waals surface area (Å²) in [6.45, 7) is 8.93. The summed E-state index contributed by atoms with van der Waals surface area (Å²) in [7, 11) is 4.25. The van der Waals surface area contributed by atoms with Gasteiger partial charge in [-0.05, 0) is 44.3 Å². The van der Waals surface area contributed by atoms with E-state index < -0.39 is 0 Å². The van der Waals surface area contributed by atoms with E-state index in [1.54, 1.807) is 0 Å². The molecule has 0 amide bonds. The topological polar surface area (TPSA) is 30.0 Å². The average molecular weight is 277 g/mol. The first kappa shape index (κ1) is 15.3. The van der Waals surface area contributed by atoms with Gasteiger partial charge < -0.3 is 14.9 Å². The molecule has 1 fully saturated rings. The largest absolute Gasteiger partial charge is 0.392 e. The molecule has 4 heteroatoms. The highest BCUT2D eigenvalue weighted by molar-refractivity contribution is 5.51. The van der Waals surface area contributed by atoms with Gasteiger partial charge in [0, 0.05) is 45.0 Å². The van der Waals surface area contributed by atoms with Crippen molar-refractivity contribution in [2.75, 3.05) is 58.3 Å². The number of benzene rings is 1. The molecule has 1 heterocycles. The summed E-state index contributed by atoms with van der Waals surface area (Å²) < 4.78 is 0. The molecular weight excluding hydrogens is 250 g/mol. The standard InChI is InChI=1S/C16H27N3O/c1-14-12-16(5-4-15(14)13-20)19-10-8-18(9-11-19)7-6-17(2)3/h4-5,12,20H,6-11,13H2,1-3H3. The number of aliphatic hydroxyl groups excluding tert-OH is 1. The first-order valence-electron chi connectivity index (χ1n) is 7.42. The van der Waals surface area contributed by atoms with Gasteiger partial charge in [0.25, 0.3) is 0 Å². The van der Waals surface area contributed by atoms with Crippen LogP contribution in [0, 0.1) is 6.92 Å². The number of piperazine rings is 1. The smallest absolute Gasteiger partial charge is 0.0684 e. The summed E-state index contributed by atoms with van der Waals surface area (Å²) in [5.74, 6) is 0. The number of aryl methyl sites for hydroxylation is 1. The molecule has 0 atom stereocenters. The normalized spacial score (nSPS) is 16.9. The molecule has 0 aromatic heterocycles.